The highest BCUT2D eigenvalue weighted by atomic mass is 35.5. The van der Waals surface area contributed by atoms with Crippen molar-refractivity contribution in [2.24, 2.45) is 0 Å². The molecule has 0 N–H and O–H groups in total. The van der Waals surface area contributed by atoms with Crippen LogP contribution in [-0.4, -0.2) is 50.3 Å². The molecule has 1 unspecified atom stereocenters. The standard InChI is InChI=1S/C22H21ClF3N3O6S/c1-32-16-6-4-5-13(19(16)33-2)18-14-11-12(23)7-8-15(14)29-20(27-28-21(29)22(24,25)26)17(35-18)9-10-34-36(3,30)31/h4-8,11,17-18H,9-10H2,1-3H3/t17?,18-/m1/s1. The van der Waals surface area contributed by atoms with E-state index in [-0.39, 0.29) is 35.1 Å². The first-order valence-corrected chi connectivity index (χ1v) is 12.7. The summed E-state index contributed by atoms with van der Waals surface area (Å²) in [7, 11) is -0.938. The second-order valence-electron chi connectivity index (χ2n) is 7.82. The normalized spacial score (nSPS) is 17.8. The quantitative estimate of drug-likeness (QED) is 0.399. The van der Waals surface area contributed by atoms with Gasteiger partial charge in [-0.05, 0) is 24.3 Å². The molecular formula is C22H21ClF3N3O6S. The van der Waals surface area contributed by atoms with Gasteiger partial charge in [-0.25, -0.2) is 0 Å². The maximum absolute atomic E-state index is 14.0. The van der Waals surface area contributed by atoms with Crippen LogP contribution >= 0.6 is 11.6 Å². The number of halogens is 4. The number of methoxy groups -OCH3 is 2. The minimum absolute atomic E-state index is 0.0909. The third-order valence-corrected chi connectivity index (χ3v) is 6.27. The van der Waals surface area contributed by atoms with Crippen LogP contribution in [0, 0.1) is 0 Å². The van der Waals surface area contributed by atoms with E-state index in [9.17, 15) is 21.6 Å². The van der Waals surface area contributed by atoms with Gasteiger partial charge in [0.25, 0.3) is 10.1 Å². The topological polar surface area (TPSA) is 102 Å². The van der Waals surface area contributed by atoms with Gasteiger partial charge >= 0.3 is 6.18 Å². The predicted octanol–water partition coefficient (Wildman–Crippen LogP) is 4.48. The van der Waals surface area contributed by atoms with Crippen molar-refractivity contribution in [2.45, 2.75) is 24.8 Å². The Hall–Kier alpha value is -2.87. The van der Waals surface area contributed by atoms with Crippen molar-refractivity contribution < 1.29 is 40.0 Å². The molecule has 2 atom stereocenters. The lowest BCUT2D eigenvalue weighted by Gasteiger charge is -2.25. The average molecular weight is 548 g/mol. The van der Waals surface area contributed by atoms with E-state index in [1.165, 1.54) is 32.4 Å². The van der Waals surface area contributed by atoms with Crippen molar-refractivity contribution in [2.75, 3.05) is 27.1 Å². The summed E-state index contributed by atoms with van der Waals surface area (Å²) in [5.41, 5.74) is 0.821. The summed E-state index contributed by atoms with van der Waals surface area (Å²) < 4.78 is 87.8. The average Bonchev–Trinajstić information content (AvgIpc) is 3.20. The highest BCUT2D eigenvalue weighted by molar-refractivity contribution is 7.85. The number of benzene rings is 2. The molecule has 0 bridgehead atoms. The van der Waals surface area contributed by atoms with Gasteiger partial charge in [-0.1, -0.05) is 23.7 Å². The van der Waals surface area contributed by atoms with Crippen LogP contribution in [0.1, 0.15) is 41.4 Å². The second kappa shape index (κ2) is 9.88. The lowest BCUT2D eigenvalue weighted by Crippen LogP contribution is -2.17. The van der Waals surface area contributed by atoms with E-state index in [1.54, 1.807) is 18.2 Å². The van der Waals surface area contributed by atoms with Crippen molar-refractivity contribution in [1.82, 2.24) is 14.8 Å². The van der Waals surface area contributed by atoms with Crippen LogP contribution in [0.25, 0.3) is 5.69 Å². The highest BCUT2D eigenvalue weighted by Gasteiger charge is 2.43. The molecular weight excluding hydrogens is 527 g/mol. The zero-order chi connectivity index (χ0) is 26.3. The molecule has 1 aromatic heterocycles. The summed E-state index contributed by atoms with van der Waals surface area (Å²) in [6.07, 6.45) is -6.28. The first-order valence-electron chi connectivity index (χ1n) is 10.5. The first-order chi connectivity index (χ1) is 16.9. The molecule has 36 heavy (non-hydrogen) atoms. The summed E-state index contributed by atoms with van der Waals surface area (Å²) >= 11 is 6.25. The van der Waals surface area contributed by atoms with Crippen molar-refractivity contribution in [3.8, 4) is 17.2 Å². The fourth-order valence-electron chi connectivity index (χ4n) is 4.03. The van der Waals surface area contributed by atoms with Gasteiger partial charge in [-0.3, -0.25) is 8.75 Å². The number of rotatable bonds is 7. The van der Waals surface area contributed by atoms with Crippen molar-refractivity contribution in [3.05, 3.63) is 64.2 Å². The van der Waals surface area contributed by atoms with Crippen LogP contribution < -0.4 is 9.47 Å². The van der Waals surface area contributed by atoms with Crippen molar-refractivity contribution >= 4 is 21.7 Å². The van der Waals surface area contributed by atoms with E-state index in [2.05, 4.69) is 10.2 Å². The van der Waals surface area contributed by atoms with Gasteiger partial charge < -0.3 is 14.2 Å². The third-order valence-electron chi connectivity index (χ3n) is 5.44. The Morgan fingerprint density at radius 1 is 1.11 bits per heavy atom. The Morgan fingerprint density at radius 2 is 1.86 bits per heavy atom. The number of ether oxygens (including phenoxy) is 3. The number of fused-ring (bicyclic) bond motifs is 3. The molecule has 14 heteroatoms. The van der Waals surface area contributed by atoms with E-state index in [1.807, 2.05) is 0 Å². The number of alkyl halides is 3. The Bertz CT molecular complexity index is 1380. The number of aromatic nitrogens is 3. The molecule has 0 radical (unpaired) electrons. The molecule has 2 heterocycles. The van der Waals surface area contributed by atoms with Gasteiger partial charge in [0.1, 0.15) is 12.2 Å². The number of hydrogen-bond acceptors (Lipinski definition) is 8. The fraction of sp³-hybridized carbons (Fsp3) is 0.364. The van der Waals surface area contributed by atoms with Crippen molar-refractivity contribution in [3.63, 3.8) is 0 Å². The second-order valence-corrected chi connectivity index (χ2v) is 9.90. The molecule has 3 aromatic rings. The van der Waals surface area contributed by atoms with Gasteiger partial charge in [0.2, 0.25) is 5.82 Å². The van der Waals surface area contributed by atoms with E-state index >= 15 is 0 Å². The lowest BCUT2D eigenvalue weighted by atomic mass is 9.98. The summed E-state index contributed by atoms with van der Waals surface area (Å²) in [5.74, 6) is -0.765. The first kappa shape index (κ1) is 26.2. The molecule has 194 valence electrons. The molecule has 0 amide bonds. The lowest BCUT2D eigenvalue weighted by molar-refractivity contribution is -0.146. The molecule has 0 saturated carbocycles. The highest BCUT2D eigenvalue weighted by Crippen LogP contribution is 2.47. The molecule has 0 fully saturated rings. The molecule has 2 aromatic carbocycles. The fourth-order valence-corrected chi connectivity index (χ4v) is 4.61. The van der Waals surface area contributed by atoms with Gasteiger partial charge in [-0.2, -0.15) is 21.6 Å². The van der Waals surface area contributed by atoms with Gasteiger partial charge in [-0.15, -0.1) is 10.2 Å². The Morgan fingerprint density at radius 3 is 2.50 bits per heavy atom. The predicted molar refractivity (Wildman–Crippen MR) is 122 cm³/mol. The summed E-state index contributed by atoms with van der Waals surface area (Å²) in [6, 6.07) is 9.36. The third kappa shape index (κ3) is 5.14. The van der Waals surface area contributed by atoms with Crippen LogP contribution in [0.5, 0.6) is 11.5 Å². The minimum atomic E-state index is -4.84. The van der Waals surface area contributed by atoms with Gasteiger partial charge in [0.15, 0.2) is 17.3 Å². The zero-order valence-corrected chi connectivity index (χ0v) is 20.8. The molecule has 1 aliphatic rings. The number of hydrogen-bond donors (Lipinski definition) is 0. The van der Waals surface area contributed by atoms with Gasteiger partial charge in [0, 0.05) is 22.6 Å². The largest absolute Gasteiger partial charge is 0.493 e. The van der Waals surface area contributed by atoms with E-state index < -0.39 is 34.3 Å². The number of nitrogens with zero attached hydrogens (tertiary/aromatic N) is 3. The monoisotopic (exact) mass is 547 g/mol. The summed E-state index contributed by atoms with van der Waals surface area (Å²) in [5, 5.41) is 7.40. The molecule has 4 rings (SSSR count). The van der Waals surface area contributed by atoms with Crippen LogP contribution in [0.15, 0.2) is 36.4 Å². The Balaban J connectivity index is 1.95. The summed E-state index contributed by atoms with van der Waals surface area (Å²) in [6.45, 7) is -0.364. The molecule has 1 aliphatic heterocycles. The number of para-hydroxylation sites is 1. The van der Waals surface area contributed by atoms with E-state index in [0.717, 1.165) is 10.8 Å². The van der Waals surface area contributed by atoms with Crippen LogP contribution in [0.2, 0.25) is 5.02 Å². The SMILES string of the molecule is COc1cccc([C@H]2OC(CCOS(C)(=O)=O)c3nnc(C(F)(F)F)n3-c3ccc(Cl)cc32)c1OC. The van der Waals surface area contributed by atoms with Crippen LogP contribution in [0.3, 0.4) is 0 Å². The molecule has 0 spiro atoms. The smallest absolute Gasteiger partial charge is 0.452 e. The van der Waals surface area contributed by atoms with Crippen LogP contribution in [-0.2, 0) is 25.2 Å². The maximum atomic E-state index is 14.0. The molecule has 9 nitrogen and oxygen atoms in total. The summed E-state index contributed by atoms with van der Waals surface area (Å²) in [4.78, 5) is 0. The zero-order valence-electron chi connectivity index (χ0n) is 19.2. The maximum Gasteiger partial charge on any atom is 0.452 e. The molecule has 0 aliphatic carbocycles. The minimum Gasteiger partial charge on any atom is -0.493 e. The van der Waals surface area contributed by atoms with Crippen LogP contribution in [0.4, 0.5) is 13.2 Å². The van der Waals surface area contributed by atoms with Gasteiger partial charge in [0.05, 0.1) is 32.8 Å². The Kier molecular flexibility index (Phi) is 7.19. The van der Waals surface area contributed by atoms with E-state index in [4.69, 9.17) is 30.0 Å². The Labute approximate surface area is 209 Å². The van der Waals surface area contributed by atoms with E-state index in [0.29, 0.717) is 17.1 Å². The van der Waals surface area contributed by atoms with Crippen molar-refractivity contribution in [1.29, 1.82) is 0 Å². The molecule has 0 saturated heterocycles.